The summed E-state index contributed by atoms with van der Waals surface area (Å²) in [5.74, 6) is 0. The summed E-state index contributed by atoms with van der Waals surface area (Å²) in [4.78, 5) is 0. The highest BCUT2D eigenvalue weighted by atomic mass is 28.4. The van der Waals surface area contributed by atoms with Gasteiger partial charge in [0.2, 0.25) is 0 Å². The van der Waals surface area contributed by atoms with E-state index in [1.807, 2.05) is 13.1 Å². The minimum Gasteiger partial charge on any atom is -0.408 e. The van der Waals surface area contributed by atoms with Crippen molar-refractivity contribution in [2.45, 2.75) is 76.6 Å². The summed E-state index contributed by atoms with van der Waals surface area (Å²) in [6.07, 6.45) is -4.84. The van der Waals surface area contributed by atoms with Crippen molar-refractivity contribution in [3.63, 3.8) is 0 Å². The van der Waals surface area contributed by atoms with Crippen molar-refractivity contribution in [3.05, 3.63) is 0 Å². The molecule has 4 nitrogen and oxygen atoms in total. The van der Waals surface area contributed by atoms with Gasteiger partial charge < -0.3 is 19.0 Å². The maximum atomic E-state index is 14.3. The lowest BCUT2D eigenvalue weighted by Crippen LogP contribution is -2.60. The number of hydrogen-bond donors (Lipinski definition) is 1. The summed E-state index contributed by atoms with van der Waals surface area (Å²) >= 11 is 0. The molecule has 1 N–H and O–H groups in total. The Kier molecular flexibility index (Phi) is 5.18. The van der Waals surface area contributed by atoms with Crippen molar-refractivity contribution in [2.75, 3.05) is 7.11 Å². The van der Waals surface area contributed by atoms with Gasteiger partial charge in [-0.2, -0.15) is 0 Å². The van der Waals surface area contributed by atoms with E-state index >= 15 is 0 Å². The largest absolute Gasteiger partial charge is 0.408 e. The first-order valence-corrected chi connectivity index (χ1v) is 9.60. The van der Waals surface area contributed by atoms with E-state index in [-0.39, 0.29) is 5.04 Å². The second kappa shape index (κ2) is 5.77. The average Bonchev–Trinajstić information content (AvgIpc) is 2.27. The molecule has 0 amide bonds. The second-order valence-electron chi connectivity index (χ2n) is 6.72. The first kappa shape index (κ1) is 17.0. The molecular weight excluding hydrogens is 267 g/mol. The van der Waals surface area contributed by atoms with Gasteiger partial charge in [-0.15, -0.1) is 0 Å². The third-order valence-corrected chi connectivity index (χ3v) is 8.68. The standard InChI is InChI=1S/C13H27FO4Si/c1-8-10(15)11(9(14)12(16-5)17-8)18-19(6,7)13(2,3)4/h8-12,15H,1-7H3/t8-,9+,10+,11-,12+/m0/s1. The first-order valence-electron chi connectivity index (χ1n) is 6.69. The molecule has 0 unspecified atom stereocenters. The van der Waals surface area contributed by atoms with Gasteiger partial charge in [-0.25, -0.2) is 4.39 Å². The molecule has 0 aromatic rings. The maximum absolute atomic E-state index is 14.3. The fourth-order valence-corrected chi connectivity index (χ4v) is 3.12. The minimum absolute atomic E-state index is 0.0451. The van der Waals surface area contributed by atoms with Gasteiger partial charge in [-0.05, 0) is 25.1 Å². The lowest BCUT2D eigenvalue weighted by atomic mass is 10.0. The van der Waals surface area contributed by atoms with Crippen LogP contribution in [0.1, 0.15) is 27.7 Å². The Balaban J connectivity index is 2.90. The monoisotopic (exact) mass is 294 g/mol. The molecule has 19 heavy (non-hydrogen) atoms. The Morgan fingerprint density at radius 3 is 2.21 bits per heavy atom. The van der Waals surface area contributed by atoms with Gasteiger partial charge >= 0.3 is 0 Å². The maximum Gasteiger partial charge on any atom is 0.192 e. The van der Waals surface area contributed by atoms with Gasteiger partial charge in [-0.3, -0.25) is 0 Å². The number of alkyl halides is 1. The van der Waals surface area contributed by atoms with Crippen LogP contribution in [0.2, 0.25) is 18.1 Å². The van der Waals surface area contributed by atoms with Gasteiger partial charge in [0.05, 0.1) is 6.10 Å². The predicted octanol–water partition coefficient (Wildman–Crippen LogP) is 2.47. The topological polar surface area (TPSA) is 47.9 Å². The van der Waals surface area contributed by atoms with Crippen LogP contribution in [0.3, 0.4) is 0 Å². The molecule has 5 atom stereocenters. The average molecular weight is 294 g/mol. The van der Waals surface area contributed by atoms with E-state index in [1.54, 1.807) is 6.92 Å². The van der Waals surface area contributed by atoms with E-state index in [2.05, 4.69) is 20.8 Å². The first-order chi connectivity index (χ1) is 8.51. The SMILES string of the molecule is CO[C@@H]1O[C@@H](C)[C@@H](O)[C@@H](O[Si](C)(C)C(C)(C)C)[C@H]1F. The number of ether oxygens (including phenoxy) is 2. The Morgan fingerprint density at radius 1 is 1.26 bits per heavy atom. The van der Waals surface area contributed by atoms with E-state index in [0.717, 1.165) is 0 Å². The highest BCUT2D eigenvalue weighted by Crippen LogP contribution is 2.39. The molecular formula is C13H27FO4Si. The molecule has 0 saturated carbocycles. The number of aliphatic hydroxyl groups excluding tert-OH is 1. The van der Waals surface area contributed by atoms with E-state index in [1.165, 1.54) is 7.11 Å². The molecule has 114 valence electrons. The van der Waals surface area contributed by atoms with Crippen molar-refractivity contribution in [1.29, 1.82) is 0 Å². The Morgan fingerprint density at radius 2 is 1.79 bits per heavy atom. The fourth-order valence-electron chi connectivity index (χ4n) is 1.81. The van der Waals surface area contributed by atoms with E-state index < -0.39 is 39.1 Å². The summed E-state index contributed by atoms with van der Waals surface area (Å²) in [7, 11) is -0.765. The van der Waals surface area contributed by atoms with Crippen LogP contribution >= 0.6 is 0 Å². The van der Waals surface area contributed by atoms with Gasteiger partial charge in [0.1, 0.15) is 12.2 Å². The van der Waals surface area contributed by atoms with Gasteiger partial charge in [-0.1, -0.05) is 20.8 Å². The second-order valence-corrected chi connectivity index (χ2v) is 11.5. The summed E-state index contributed by atoms with van der Waals surface area (Å²) in [6.45, 7) is 12.0. The van der Waals surface area contributed by atoms with Gasteiger partial charge in [0.25, 0.3) is 0 Å². The van der Waals surface area contributed by atoms with Crippen molar-refractivity contribution in [2.24, 2.45) is 0 Å². The van der Waals surface area contributed by atoms with Crippen LogP contribution in [-0.2, 0) is 13.9 Å². The molecule has 0 aliphatic carbocycles. The molecule has 0 aromatic heterocycles. The van der Waals surface area contributed by atoms with Crippen LogP contribution in [0, 0.1) is 0 Å². The van der Waals surface area contributed by atoms with Crippen LogP contribution in [0.25, 0.3) is 0 Å². The van der Waals surface area contributed by atoms with Crippen molar-refractivity contribution in [1.82, 2.24) is 0 Å². The van der Waals surface area contributed by atoms with Crippen molar-refractivity contribution >= 4 is 8.32 Å². The van der Waals surface area contributed by atoms with Crippen LogP contribution < -0.4 is 0 Å². The minimum atomic E-state index is -2.16. The highest BCUT2D eigenvalue weighted by Gasteiger charge is 2.49. The number of methoxy groups -OCH3 is 1. The van der Waals surface area contributed by atoms with Crippen LogP contribution in [0.5, 0.6) is 0 Å². The molecule has 6 heteroatoms. The van der Waals surface area contributed by atoms with E-state index in [4.69, 9.17) is 13.9 Å². The third kappa shape index (κ3) is 3.55. The molecule has 1 saturated heterocycles. The molecule has 1 aliphatic rings. The number of halogens is 1. The summed E-state index contributed by atoms with van der Waals surface area (Å²) in [6, 6.07) is 0. The lowest BCUT2D eigenvalue weighted by Gasteiger charge is -2.45. The van der Waals surface area contributed by atoms with E-state index in [9.17, 15) is 9.50 Å². The zero-order valence-corrected chi connectivity index (χ0v) is 13.9. The highest BCUT2D eigenvalue weighted by molar-refractivity contribution is 6.74. The lowest BCUT2D eigenvalue weighted by molar-refractivity contribution is -0.267. The Labute approximate surface area is 116 Å². The number of aliphatic hydroxyl groups is 1. The number of rotatable bonds is 3. The molecule has 0 radical (unpaired) electrons. The molecule has 0 aromatic carbocycles. The molecule has 1 heterocycles. The number of hydrogen-bond acceptors (Lipinski definition) is 4. The zero-order valence-electron chi connectivity index (χ0n) is 12.9. The van der Waals surface area contributed by atoms with Crippen LogP contribution in [-0.4, -0.2) is 51.3 Å². The predicted molar refractivity (Wildman–Crippen MR) is 74.3 cm³/mol. The van der Waals surface area contributed by atoms with E-state index in [0.29, 0.717) is 0 Å². The van der Waals surface area contributed by atoms with Crippen LogP contribution in [0.15, 0.2) is 0 Å². The third-order valence-electron chi connectivity index (χ3n) is 4.21. The summed E-state index contributed by atoms with van der Waals surface area (Å²) in [5.41, 5.74) is 0. The molecule has 1 fully saturated rings. The van der Waals surface area contributed by atoms with Gasteiger partial charge in [0, 0.05) is 7.11 Å². The van der Waals surface area contributed by atoms with Crippen molar-refractivity contribution in [3.8, 4) is 0 Å². The zero-order chi connectivity index (χ0) is 15.0. The molecule has 0 bridgehead atoms. The smallest absolute Gasteiger partial charge is 0.192 e. The van der Waals surface area contributed by atoms with Gasteiger partial charge in [0.15, 0.2) is 20.8 Å². The Hall–Kier alpha value is -0.0131. The summed E-state index contributed by atoms with van der Waals surface area (Å²) < 4.78 is 30.6. The molecule has 0 spiro atoms. The van der Waals surface area contributed by atoms with Crippen LogP contribution in [0.4, 0.5) is 4.39 Å². The van der Waals surface area contributed by atoms with Crippen molar-refractivity contribution < 1.29 is 23.4 Å². The molecule has 1 aliphatic heterocycles. The summed E-state index contributed by atoms with van der Waals surface area (Å²) in [5, 5.41) is 10.1. The molecule has 1 rings (SSSR count). The normalized spacial score (nSPS) is 37.4. The fraction of sp³-hybridized carbons (Fsp3) is 1.00. The Bertz CT molecular complexity index is 306. The quantitative estimate of drug-likeness (QED) is 0.812.